The highest BCUT2D eigenvalue weighted by molar-refractivity contribution is 5.92. The Morgan fingerprint density at radius 1 is 1.27 bits per heavy atom. The molecule has 1 saturated carbocycles. The predicted octanol–water partition coefficient (Wildman–Crippen LogP) is 1.79. The van der Waals surface area contributed by atoms with Crippen LogP contribution in [0.25, 0.3) is 0 Å². The summed E-state index contributed by atoms with van der Waals surface area (Å²) in [7, 11) is 0. The maximum Gasteiger partial charge on any atom is 0.289 e. The van der Waals surface area contributed by atoms with Crippen molar-refractivity contribution in [1.82, 2.24) is 20.5 Å². The first-order valence-corrected chi connectivity index (χ1v) is 9.74. The normalized spacial score (nSPS) is 24.1. The van der Waals surface area contributed by atoms with Crippen LogP contribution in [-0.4, -0.2) is 53.4 Å². The van der Waals surface area contributed by atoms with E-state index in [-0.39, 0.29) is 29.7 Å². The van der Waals surface area contributed by atoms with Gasteiger partial charge in [0.05, 0.1) is 11.7 Å². The molecule has 7 heteroatoms. The van der Waals surface area contributed by atoms with Gasteiger partial charge >= 0.3 is 0 Å². The van der Waals surface area contributed by atoms with Gasteiger partial charge in [-0.2, -0.15) is 0 Å². The molecular formula is C19H30N4O3. The Hall–Kier alpha value is -1.89. The summed E-state index contributed by atoms with van der Waals surface area (Å²) in [6, 6.07) is -0.222. The van der Waals surface area contributed by atoms with E-state index in [2.05, 4.69) is 20.5 Å². The first-order chi connectivity index (χ1) is 12.5. The third kappa shape index (κ3) is 4.26. The van der Waals surface area contributed by atoms with Crippen molar-refractivity contribution in [3.05, 3.63) is 17.3 Å². The number of carbonyl (C=O) groups is 2. The summed E-state index contributed by atoms with van der Waals surface area (Å²) in [6.07, 6.45) is 5.69. The first kappa shape index (κ1) is 18.9. The highest BCUT2D eigenvalue weighted by atomic mass is 16.4. The molecule has 0 aromatic carbocycles. The zero-order chi connectivity index (χ0) is 18.7. The molecule has 0 unspecified atom stereocenters. The van der Waals surface area contributed by atoms with Crippen molar-refractivity contribution in [3.63, 3.8) is 0 Å². The largest absolute Gasteiger partial charge is 0.436 e. The van der Waals surface area contributed by atoms with Gasteiger partial charge in [0.1, 0.15) is 0 Å². The van der Waals surface area contributed by atoms with E-state index in [0.29, 0.717) is 37.0 Å². The lowest BCUT2D eigenvalue weighted by atomic mass is 10.1. The summed E-state index contributed by atoms with van der Waals surface area (Å²) >= 11 is 0. The molecule has 1 aromatic rings. The van der Waals surface area contributed by atoms with Gasteiger partial charge in [0.25, 0.3) is 5.91 Å². The van der Waals surface area contributed by atoms with Crippen LogP contribution in [0.2, 0.25) is 0 Å². The van der Waals surface area contributed by atoms with Crippen LogP contribution in [0.4, 0.5) is 0 Å². The van der Waals surface area contributed by atoms with Crippen LogP contribution in [0, 0.1) is 19.8 Å². The number of likely N-dealkylation sites (tertiary alicyclic amines) is 1. The molecular weight excluding hydrogens is 332 g/mol. The third-order valence-electron chi connectivity index (χ3n) is 5.47. The second-order valence-electron chi connectivity index (χ2n) is 7.57. The SMILES string of the molecule is CCNC(=O)[C@@H]1C[C@@H](NC(=O)c2oc(C)nc2C)CN1CC1CCCC1. The van der Waals surface area contributed by atoms with Gasteiger partial charge in [-0.15, -0.1) is 0 Å². The molecule has 0 spiro atoms. The molecule has 2 heterocycles. The van der Waals surface area contributed by atoms with Gasteiger partial charge < -0.3 is 15.1 Å². The van der Waals surface area contributed by atoms with Crippen molar-refractivity contribution in [3.8, 4) is 0 Å². The highest BCUT2D eigenvalue weighted by Crippen LogP contribution is 2.29. The van der Waals surface area contributed by atoms with Crippen molar-refractivity contribution < 1.29 is 14.0 Å². The lowest BCUT2D eigenvalue weighted by Gasteiger charge is -2.26. The summed E-state index contributed by atoms with van der Waals surface area (Å²) in [5.74, 6) is 1.24. The average Bonchev–Trinajstić information content (AvgIpc) is 3.29. The number of oxazole rings is 1. The van der Waals surface area contributed by atoms with Gasteiger partial charge in [-0.05, 0) is 39.0 Å². The maximum atomic E-state index is 12.5. The average molecular weight is 362 g/mol. The minimum Gasteiger partial charge on any atom is -0.436 e. The highest BCUT2D eigenvalue weighted by Gasteiger charge is 2.38. The Bertz CT molecular complexity index is 651. The number of aromatic nitrogens is 1. The van der Waals surface area contributed by atoms with Gasteiger partial charge in [-0.1, -0.05) is 12.8 Å². The quantitative estimate of drug-likeness (QED) is 0.806. The zero-order valence-corrected chi connectivity index (χ0v) is 16.0. The fourth-order valence-corrected chi connectivity index (χ4v) is 4.29. The Morgan fingerprint density at radius 3 is 2.62 bits per heavy atom. The zero-order valence-electron chi connectivity index (χ0n) is 16.0. The van der Waals surface area contributed by atoms with Gasteiger partial charge in [0.2, 0.25) is 11.7 Å². The Kier molecular flexibility index (Phi) is 5.96. The molecule has 2 N–H and O–H groups in total. The Balaban J connectivity index is 1.65. The smallest absolute Gasteiger partial charge is 0.289 e. The summed E-state index contributed by atoms with van der Waals surface area (Å²) in [5, 5.41) is 5.98. The van der Waals surface area contributed by atoms with Crippen molar-refractivity contribution in [2.45, 2.75) is 65.0 Å². The number of carbonyl (C=O) groups excluding carboxylic acids is 2. The molecule has 2 fully saturated rings. The van der Waals surface area contributed by atoms with Crippen LogP contribution in [0.15, 0.2) is 4.42 Å². The third-order valence-corrected chi connectivity index (χ3v) is 5.47. The van der Waals surface area contributed by atoms with Crippen molar-refractivity contribution in [1.29, 1.82) is 0 Å². The van der Waals surface area contributed by atoms with E-state index in [1.807, 2.05) is 6.92 Å². The van der Waals surface area contributed by atoms with E-state index in [1.54, 1.807) is 13.8 Å². The van der Waals surface area contributed by atoms with E-state index >= 15 is 0 Å². The van der Waals surface area contributed by atoms with Gasteiger partial charge in [0.15, 0.2) is 5.89 Å². The van der Waals surface area contributed by atoms with Crippen molar-refractivity contribution in [2.75, 3.05) is 19.6 Å². The van der Waals surface area contributed by atoms with E-state index in [1.165, 1.54) is 25.7 Å². The monoisotopic (exact) mass is 362 g/mol. The Morgan fingerprint density at radius 2 is 2.00 bits per heavy atom. The second kappa shape index (κ2) is 8.20. The number of amides is 2. The summed E-state index contributed by atoms with van der Waals surface area (Å²) in [5.41, 5.74) is 0.598. The molecule has 1 aliphatic heterocycles. The molecule has 0 radical (unpaired) electrons. The predicted molar refractivity (Wildman–Crippen MR) is 97.9 cm³/mol. The molecule has 144 valence electrons. The first-order valence-electron chi connectivity index (χ1n) is 9.74. The molecule has 26 heavy (non-hydrogen) atoms. The molecule has 3 rings (SSSR count). The summed E-state index contributed by atoms with van der Waals surface area (Å²) in [6.45, 7) is 7.70. The number of aryl methyl sites for hydroxylation is 2. The van der Waals surface area contributed by atoms with E-state index < -0.39 is 0 Å². The number of likely N-dealkylation sites (N-methyl/N-ethyl adjacent to an activating group) is 1. The van der Waals surface area contributed by atoms with Crippen molar-refractivity contribution >= 4 is 11.8 Å². The molecule has 2 amide bonds. The number of rotatable bonds is 6. The summed E-state index contributed by atoms with van der Waals surface area (Å²) in [4.78, 5) is 31.4. The van der Waals surface area contributed by atoms with Crippen LogP contribution in [0.5, 0.6) is 0 Å². The number of hydrogen-bond donors (Lipinski definition) is 2. The van der Waals surface area contributed by atoms with Crippen LogP contribution < -0.4 is 10.6 Å². The standard InChI is InChI=1S/C19H30N4O3/c1-4-20-18(24)16-9-15(11-23(16)10-14-7-5-6-8-14)22-19(25)17-12(2)21-13(3)26-17/h14-16H,4-11H2,1-3H3,(H,20,24)(H,22,25)/t15-,16+/m1/s1. The van der Waals surface area contributed by atoms with E-state index in [0.717, 1.165) is 6.54 Å². The Labute approximate surface area is 154 Å². The van der Waals surface area contributed by atoms with E-state index in [9.17, 15) is 9.59 Å². The number of hydrogen-bond acceptors (Lipinski definition) is 5. The second-order valence-corrected chi connectivity index (χ2v) is 7.57. The molecule has 1 aromatic heterocycles. The fourth-order valence-electron chi connectivity index (χ4n) is 4.29. The van der Waals surface area contributed by atoms with Crippen molar-refractivity contribution in [2.24, 2.45) is 5.92 Å². The lowest BCUT2D eigenvalue weighted by Crippen LogP contribution is -2.44. The van der Waals surface area contributed by atoms with Crippen LogP contribution in [-0.2, 0) is 4.79 Å². The topological polar surface area (TPSA) is 87.5 Å². The molecule has 1 aliphatic carbocycles. The molecule has 1 saturated heterocycles. The van der Waals surface area contributed by atoms with E-state index in [4.69, 9.17) is 4.42 Å². The van der Waals surface area contributed by atoms with Gasteiger partial charge in [-0.3, -0.25) is 14.5 Å². The van der Waals surface area contributed by atoms with Crippen LogP contribution >= 0.6 is 0 Å². The van der Waals surface area contributed by atoms with Crippen LogP contribution in [0.1, 0.15) is 61.2 Å². The molecule has 2 aliphatic rings. The minimum absolute atomic E-state index is 0.0543. The lowest BCUT2D eigenvalue weighted by molar-refractivity contribution is -0.125. The molecule has 2 atom stereocenters. The fraction of sp³-hybridized carbons (Fsp3) is 0.737. The molecule has 0 bridgehead atoms. The van der Waals surface area contributed by atoms with Gasteiger partial charge in [0, 0.05) is 32.6 Å². The maximum absolute atomic E-state index is 12.5. The molecule has 7 nitrogen and oxygen atoms in total. The summed E-state index contributed by atoms with van der Waals surface area (Å²) < 4.78 is 5.42. The van der Waals surface area contributed by atoms with Crippen LogP contribution in [0.3, 0.4) is 0 Å². The number of nitrogens with zero attached hydrogens (tertiary/aromatic N) is 2. The minimum atomic E-state index is -0.245. The van der Waals surface area contributed by atoms with Gasteiger partial charge in [-0.25, -0.2) is 4.98 Å². The number of nitrogens with one attached hydrogen (secondary N) is 2.